The summed E-state index contributed by atoms with van der Waals surface area (Å²) in [5.74, 6) is 1.35. The van der Waals surface area contributed by atoms with Gasteiger partial charge in [-0.3, -0.25) is 4.79 Å². The van der Waals surface area contributed by atoms with Crippen molar-refractivity contribution in [1.82, 2.24) is 4.98 Å². The number of aromatic nitrogens is 1. The maximum Gasteiger partial charge on any atom is 0.262 e. The summed E-state index contributed by atoms with van der Waals surface area (Å²) < 4.78 is 16.5. The number of fused-ring (bicyclic) bond motifs is 1. The van der Waals surface area contributed by atoms with E-state index in [1.165, 1.54) is 0 Å². The number of rotatable bonds is 6. The normalized spacial score (nSPS) is 10.7. The number of ether oxygens (including phenoxy) is 2. The molecule has 0 saturated carbocycles. The highest BCUT2D eigenvalue weighted by atomic mass is 35.5. The van der Waals surface area contributed by atoms with Gasteiger partial charge in [-0.05, 0) is 48.5 Å². The molecule has 6 nitrogen and oxygen atoms in total. The molecule has 0 atom stereocenters. The Morgan fingerprint density at radius 3 is 2.79 bits per heavy atom. The molecule has 0 aliphatic heterocycles. The van der Waals surface area contributed by atoms with Crippen molar-refractivity contribution in [3.8, 4) is 23.0 Å². The van der Waals surface area contributed by atoms with E-state index in [1.54, 1.807) is 49.6 Å². The number of para-hydroxylation sites is 1. The first-order chi connectivity index (χ1) is 14.1. The van der Waals surface area contributed by atoms with Crippen LogP contribution in [0, 0.1) is 0 Å². The van der Waals surface area contributed by atoms with Gasteiger partial charge in [-0.15, -0.1) is 0 Å². The lowest BCUT2D eigenvalue weighted by molar-refractivity contribution is -0.118. The molecule has 1 aromatic heterocycles. The van der Waals surface area contributed by atoms with E-state index in [1.807, 2.05) is 24.3 Å². The lowest BCUT2D eigenvalue weighted by Gasteiger charge is -2.08. The van der Waals surface area contributed by atoms with Crippen molar-refractivity contribution in [3.63, 3.8) is 0 Å². The first-order valence-corrected chi connectivity index (χ1v) is 9.22. The van der Waals surface area contributed by atoms with Gasteiger partial charge in [-0.1, -0.05) is 29.8 Å². The molecule has 0 aliphatic rings. The van der Waals surface area contributed by atoms with Crippen molar-refractivity contribution in [3.05, 3.63) is 71.8 Å². The molecular formula is C22H17ClN2O4. The van der Waals surface area contributed by atoms with Crippen molar-refractivity contribution in [1.29, 1.82) is 0 Å². The Morgan fingerprint density at radius 2 is 1.97 bits per heavy atom. The summed E-state index contributed by atoms with van der Waals surface area (Å²) >= 11 is 6.02. The van der Waals surface area contributed by atoms with Crippen LogP contribution in [0.4, 0.5) is 5.69 Å². The number of carbonyl (C=O) groups excluding carboxylic acids is 1. The van der Waals surface area contributed by atoms with Gasteiger partial charge in [0.2, 0.25) is 5.89 Å². The molecule has 1 N–H and O–H groups in total. The minimum Gasteiger partial charge on any atom is -0.497 e. The Morgan fingerprint density at radius 1 is 1.10 bits per heavy atom. The van der Waals surface area contributed by atoms with Crippen LogP contribution in [-0.4, -0.2) is 24.6 Å². The number of amides is 1. The summed E-state index contributed by atoms with van der Waals surface area (Å²) in [4.78, 5) is 16.7. The van der Waals surface area contributed by atoms with E-state index in [4.69, 9.17) is 25.5 Å². The predicted molar refractivity (Wildman–Crippen MR) is 112 cm³/mol. The Kier molecular flexibility index (Phi) is 5.35. The van der Waals surface area contributed by atoms with Crippen molar-refractivity contribution in [2.24, 2.45) is 0 Å². The average molecular weight is 409 g/mol. The number of carbonyl (C=O) groups is 1. The third-order valence-electron chi connectivity index (χ3n) is 4.18. The van der Waals surface area contributed by atoms with Gasteiger partial charge in [0, 0.05) is 11.3 Å². The first kappa shape index (κ1) is 18.8. The van der Waals surface area contributed by atoms with Crippen molar-refractivity contribution >= 4 is 34.3 Å². The minimum absolute atomic E-state index is 0.157. The highest BCUT2D eigenvalue weighted by molar-refractivity contribution is 6.32. The van der Waals surface area contributed by atoms with E-state index < -0.39 is 0 Å². The maximum atomic E-state index is 12.2. The summed E-state index contributed by atoms with van der Waals surface area (Å²) in [6, 6.07) is 19.7. The second-order valence-corrected chi connectivity index (χ2v) is 6.61. The van der Waals surface area contributed by atoms with Gasteiger partial charge in [0.15, 0.2) is 12.2 Å². The fourth-order valence-electron chi connectivity index (χ4n) is 2.79. The molecule has 0 unspecified atom stereocenters. The third kappa shape index (κ3) is 4.33. The van der Waals surface area contributed by atoms with E-state index >= 15 is 0 Å². The zero-order chi connectivity index (χ0) is 20.2. The smallest absolute Gasteiger partial charge is 0.262 e. The number of nitrogens with zero attached hydrogens (tertiary/aromatic N) is 1. The quantitative estimate of drug-likeness (QED) is 0.476. The molecule has 7 heteroatoms. The van der Waals surface area contributed by atoms with Gasteiger partial charge in [0.05, 0.1) is 12.1 Å². The van der Waals surface area contributed by atoms with Gasteiger partial charge >= 0.3 is 0 Å². The molecule has 4 rings (SSSR count). The lowest BCUT2D eigenvalue weighted by Crippen LogP contribution is -2.20. The van der Waals surface area contributed by atoms with Crippen LogP contribution in [0.15, 0.2) is 71.1 Å². The largest absolute Gasteiger partial charge is 0.497 e. The van der Waals surface area contributed by atoms with Crippen molar-refractivity contribution in [2.45, 2.75) is 0 Å². The minimum atomic E-state index is -0.305. The highest BCUT2D eigenvalue weighted by Crippen LogP contribution is 2.28. The maximum absolute atomic E-state index is 12.2. The average Bonchev–Trinajstić information content (AvgIpc) is 3.17. The number of hydrogen-bond donors (Lipinski definition) is 1. The SMILES string of the molecule is COc1cccc(-c2nc3cc(NC(=O)COc4ccccc4Cl)ccc3o2)c1. The third-order valence-corrected chi connectivity index (χ3v) is 4.50. The van der Waals surface area contributed by atoms with Crippen LogP contribution in [0.3, 0.4) is 0 Å². The molecule has 0 aliphatic carbocycles. The number of oxazole rings is 1. The molecule has 0 saturated heterocycles. The Balaban J connectivity index is 1.47. The van der Waals surface area contributed by atoms with Crippen LogP contribution in [-0.2, 0) is 4.79 Å². The van der Waals surface area contributed by atoms with Crippen LogP contribution in [0.5, 0.6) is 11.5 Å². The molecule has 3 aromatic carbocycles. The topological polar surface area (TPSA) is 73.6 Å². The Labute approximate surface area is 172 Å². The first-order valence-electron chi connectivity index (χ1n) is 8.84. The van der Waals surface area contributed by atoms with Crippen LogP contribution in [0.2, 0.25) is 5.02 Å². The molecule has 29 heavy (non-hydrogen) atoms. The van der Waals surface area contributed by atoms with E-state index in [9.17, 15) is 4.79 Å². The number of halogens is 1. The van der Waals surface area contributed by atoms with Crippen LogP contribution in [0.25, 0.3) is 22.6 Å². The van der Waals surface area contributed by atoms with E-state index in [0.717, 1.165) is 11.3 Å². The summed E-state index contributed by atoms with van der Waals surface area (Å²) in [7, 11) is 1.61. The van der Waals surface area contributed by atoms with Gasteiger partial charge in [0.25, 0.3) is 5.91 Å². The Hall–Kier alpha value is -3.51. The summed E-state index contributed by atoms with van der Waals surface area (Å²) in [5, 5.41) is 3.24. The fraction of sp³-hybridized carbons (Fsp3) is 0.0909. The van der Waals surface area contributed by atoms with E-state index in [-0.39, 0.29) is 12.5 Å². The second-order valence-electron chi connectivity index (χ2n) is 6.20. The van der Waals surface area contributed by atoms with Crippen molar-refractivity contribution in [2.75, 3.05) is 19.0 Å². The zero-order valence-electron chi connectivity index (χ0n) is 15.5. The van der Waals surface area contributed by atoms with Crippen LogP contribution in [0.1, 0.15) is 0 Å². The summed E-state index contributed by atoms with van der Waals surface area (Å²) in [5.41, 5.74) is 2.65. The molecule has 1 heterocycles. The molecule has 0 bridgehead atoms. The molecular weight excluding hydrogens is 392 g/mol. The van der Waals surface area contributed by atoms with Crippen LogP contribution >= 0.6 is 11.6 Å². The monoisotopic (exact) mass is 408 g/mol. The summed E-state index contributed by atoms with van der Waals surface area (Å²) in [6.45, 7) is -0.157. The molecule has 146 valence electrons. The van der Waals surface area contributed by atoms with Gasteiger partial charge in [-0.25, -0.2) is 4.98 Å². The van der Waals surface area contributed by atoms with Gasteiger partial charge in [0.1, 0.15) is 17.0 Å². The highest BCUT2D eigenvalue weighted by Gasteiger charge is 2.11. The second kappa shape index (κ2) is 8.24. The number of hydrogen-bond acceptors (Lipinski definition) is 5. The van der Waals surface area contributed by atoms with Crippen LogP contribution < -0.4 is 14.8 Å². The molecule has 4 aromatic rings. The predicted octanol–water partition coefficient (Wildman–Crippen LogP) is 5.17. The van der Waals surface area contributed by atoms with Crippen molar-refractivity contribution < 1.29 is 18.7 Å². The zero-order valence-corrected chi connectivity index (χ0v) is 16.3. The molecule has 0 radical (unpaired) electrons. The lowest BCUT2D eigenvalue weighted by atomic mass is 10.2. The molecule has 0 spiro atoms. The Bertz CT molecular complexity index is 1170. The standard InChI is InChI=1S/C22H17ClN2O4/c1-27-16-6-4-5-14(11-16)22-25-18-12-15(9-10-20(18)29-22)24-21(26)13-28-19-8-3-2-7-17(19)23/h2-12H,13H2,1H3,(H,24,26). The summed E-state index contributed by atoms with van der Waals surface area (Å²) in [6.07, 6.45) is 0. The van der Waals surface area contributed by atoms with E-state index in [2.05, 4.69) is 10.3 Å². The van der Waals surface area contributed by atoms with Gasteiger partial charge < -0.3 is 19.2 Å². The van der Waals surface area contributed by atoms with E-state index in [0.29, 0.717) is 33.4 Å². The fourth-order valence-corrected chi connectivity index (χ4v) is 2.98. The molecule has 1 amide bonds. The van der Waals surface area contributed by atoms with Gasteiger partial charge in [-0.2, -0.15) is 0 Å². The molecule has 0 fully saturated rings. The number of methoxy groups -OCH3 is 1. The number of nitrogens with one attached hydrogen (secondary N) is 1. The number of anilines is 1. The number of benzene rings is 3.